The van der Waals surface area contributed by atoms with E-state index in [4.69, 9.17) is 0 Å². The fourth-order valence-corrected chi connectivity index (χ4v) is 3.55. The number of likely N-dealkylation sites (tertiary alicyclic amines) is 1. The van der Waals surface area contributed by atoms with E-state index in [1.807, 2.05) is 0 Å². The van der Waals surface area contributed by atoms with Crippen molar-refractivity contribution in [2.75, 3.05) is 32.1 Å². The van der Waals surface area contributed by atoms with E-state index < -0.39 is 0 Å². The number of piperidine rings is 1. The van der Waals surface area contributed by atoms with Crippen LogP contribution in [-0.2, 0) is 6.54 Å². The van der Waals surface area contributed by atoms with Gasteiger partial charge >= 0.3 is 0 Å². The molecule has 0 aliphatic carbocycles. The monoisotopic (exact) mass is 353 g/mol. The number of nitrogens with zero attached hydrogens (tertiary/aromatic N) is 2. The second-order valence-corrected chi connectivity index (χ2v) is 7.32. The Morgan fingerprint density at radius 2 is 2.00 bits per heavy atom. The largest absolute Gasteiger partial charge is 0.371 e. The number of nitrogens with one attached hydrogen (secondary N) is 1. The Balaban J connectivity index is 2.02. The van der Waals surface area contributed by atoms with Crippen LogP contribution in [0, 0.1) is 0 Å². The molecule has 1 fully saturated rings. The molecule has 1 saturated heterocycles. The molecule has 0 saturated carbocycles. The highest BCUT2D eigenvalue weighted by atomic mass is 79.9. The molecule has 0 amide bonds. The van der Waals surface area contributed by atoms with Gasteiger partial charge in [0.1, 0.15) is 0 Å². The van der Waals surface area contributed by atoms with Gasteiger partial charge in [0.25, 0.3) is 0 Å². The van der Waals surface area contributed by atoms with Crippen LogP contribution in [0.25, 0.3) is 0 Å². The van der Waals surface area contributed by atoms with Crippen LogP contribution in [0.2, 0.25) is 0 Å². The smallest absolute Gasteiger partial charge is 0.0510 e. The molecule has 1 aliphatic heterocycles. The maximum Gasteiger partial charge on any atom is 0.0510 e. The van der Waals surface area contributed by atoms with Crippen LogP contribution >= 0.6 is 15.9 Å². The standard InChI is InChI=1S/C17H28BrN3/c1-13(2)19-12-14-5-6-17(16(18)11-14)21(4)15-7-9-20(3)10-8-15/h5-6,11,13,15,19H,7-10,12H2,1-4H3. The summed E-state index contributed by atoms with van der Waals surface area (Å²) in [5.74, 6) is 0. The van der Waals surface area contributed by atoms with Gasteiger partial charge in [0.15, 0.2) is 0 Å². The van der Waals surface area contributed by atoms with Crippen molar-refractivity contribution in [3.63, 3.8) is 0 Å². The third-order valence-electron chi connectivity index (χ3n) is 4.34. The number of hydrogen-bond donors (Lipinski definition) is 1. The summed E-state index contributed by atoms with van der Waals surface area (Å²) < 4.78 is 1.20. The summed E-state index contributed by atoms with van der Waals surface area (Å²) in [6.45, 7) is 7.68. The third-order valence-corrected chi connectivity index (χ3v) is 4.98. The zero-order valence-corrected chi connectivity index (χ0v) is 15.3. The van der Waals surface area contributed by atoms with Gasteiger partial charge in [-0.3, -0.25) is 0 Å². The highest BCUT2D eigenvalue weighted by Crippen LogP contribution is 2.30. The van der Waals surface area contributed by atoms with Crippen molar-refractivity contribution >= 4 is 21.6 Å². The average molecular weight is 354 g/mol. The van der Waals surface area contributed by atoms with Crippen molar-refractivity contribution in [3.8, 4) is 0 Å². The van der Waals surface area contributed by atoms with E-state index in [-0.39, 0.29) is 0 Å². The van der Waals surface area contributed by atoms with Crippen molar-refractivity contribution < 1.29 is 0 Å². The second kappa shape index (κ2) is 7.61. The fraction of sp³-hybridized carbons (Fsp3) is 0.647. The predicted octanol–water partition coefficient (Wildman–Crippen LogP) is 3.48. The maximum absolute atomic E-state index is 3.75. The van der Waals surface area contributed by atoms with Gasteiger partial charge < -0.3 is 15.1 Å². The first-order valence-corrected chi connectivity index (χ1v) is 8.70. The first-order chi connectivity index (χ1) is 9.97. The molecule has 1 N–H and O–H groups in total. The topological polar surface area (TPSA) is 18.5 Å². The van der Waals surface area contributed by atoms with Gasteiger partial charge in [-0.15, -0.1) is 0 Å². The van der Waals surface area contributed by atoms with Crippen molar-refractivity contribution in [1.29, 1.82) is 0 Å². The van der Waals surface area contributed by atoms with Crippen LogP contribution in [0.15, 0.2) is 22.7 Å². The molecule has 4 heteroatoms. The summed E-state index contributed by atoms with van der Waals surface area (Å²) in [4.78, 5) is 4.86. The van der Waals surface area contributed by atoms with Crippen molar-refractivity contribution in [2.45, 2.75) is 45.3 Å². The minimum atomic E-state index is 0.519. The fourth-order valence-electron chi connectivity index (χ4n) is 2.85. The van der Waals surface area contributed by atoms with Gasteiger partial charge in [-0.1, -0.05) is 19.9 Å². The molecular formula is C17H28BrN3. The molecule has 1 aromatic carbocycles. The molecule has 118 valence electrons. The first kappa shape index (κ1) is 16.8. The van der Waals surface area contributed by atoms with E-state index >= 15 is 0 Å². The Bertz CT molecular complexity index is 453. The maximum atomic E-state index is 3.75. The van der Waals surface area contributed by atoms with Crippen molar-refractivity contribution in [3.05, 3.63) is 28.2 Å². The summed E-state index contributed by atoms with van der Waals surface area (Å²) in [7, 11) is 4.44. The number of benzene rings is 1. The number of halogens is 1. The van der Waals surface area contributed by atoms with E-state index in [0.29, 0.717) is 12.1 Å². The molecule has 2 rings (SSSR count). The van der Waals surface area contributed by atoms with Crippen LogP contribution < -0.4 is 10.2 Å². The van der Waals surface area contributed by atoms with Gasteiger partial charge in [-0.05, 0) is 66.6 Å². The van der Waals surface area contributed by atoms with Crippen LogP contribution in [0.1, 0.15) is 32.3 Å². The first-order valence-electron chi connectivity index (χ1n) is 7.90. The van der Waals surface area contributed by atoms with Crippen LogP contribution in [0.5, 0.6) is 0 Å². The van der Waals surface area contributed by atoms with Gasteiger partial charge in [0.2, 0.25) is 0 Å². The normalized spacial score (nSPS) is 17.4. The number of hydrogen-bond acceptors (Lipinski definition) is 3. The molecule has 0 radical (unpaired) electrons. The molecule has 0 bridgehead atoms. The second-order valence-electron chi connectivity index (χ2n) is 6.47. The summed E-state index contributed by atoms with van der Waals surface area (Å²) in [6, 6.07) is 7.90. The minimum absolute atomic E-state index is 0.519. The Morgan fingerprint density at radius 1 is 1.33 bits per heavy atom. The lowest BCUT2D eigenvalue weighted by Crippen LogP contribution is -2.42. The average Bonchev–Trinajstić information content (AvgIpc) is 2.45. The minimum Gasteiger partial charge on any atom is -0.371 e. The molecule has 1 aromatic rings. The summed E-state index contributed by atoms with van der Waals surface area (Å²) >= 11 is 3.75. The lowest BCUT2D eigenvalue weighted by Gasteiger charge is -2.37. The van der Waals surface area contributed by atoms with Gasteiger partial charge in [0, 0.05) is 30.1 Å². The SMILES string of the molecule is CC(C)NCc1ccc(N(C)C2CCN(C)CC2)c(Br)c1. The molecule has 0 aromatic heterocycles. The van der Waals surface area contributed by atoms with E-state index in [2.05, 4.69) is 77.2 Å². The van der Waals surface area contributed by atoms with E-state index in [0.717, 1.165) is 6.54 Å². The molecule has 0 spiro atoms. The summed E-state index contributed by atoms with van der Waals surface area (Å²) in [6.07, 6.45) is 2.49. The van der Waals surface area contributed by atoms with Gasteiger partial charge in [0.05, 0.1) is 5.69 Å². The summed E-state index contributed by atoms with van der Waals surface area (Å²) in [5.41, 5.74) is 2.63. The predicted molar refractivity (Wildman–Crippen MR) is 95.0 cm³/mol. The molecule has 0 unspecified atom stereocenters. The molecule has 1 heterocycles. The van der Waals surface area contributed by atoms with E-state index in [1.165, 1.54) is 41.7 Å². The quantitative estimate of drug-likeness (QED) is 0.874. The zero-order chi connectivity index (χ0) is 15.4. The Labute approximate surface area is 137 Å². The molecule has 3 nitrogen and oxygen atoms in total. The van der Waals surface area contributed by atoms with Crippen LogP contribution in [0.4, 0.5) is 5.69 Å². The van der Waals surface area contributed by atoms with E-state index in [9.17, 15) is 0 Å². The Kier molecular flexibility index (Phi) is 6.08. The molecule has 1 aliphatic rings. The Morgan fingerprint density at radius 3 is 2.57 bits per heavy atom. The third kappa shape index (κ3) is 4.70. The van der Waals surface area contributed by atoms with Gasteiger partial charge in [-0.2, -0.15) is 0 Å². The number of rotatable bonds is 5. The van der Waals surface area contributed by atoms with Crippen LogP contribution in [-0.4, -0.2) is 44.2 Å². The number of anilines is 1. The zero-order valence-electron chi connectivity index (χ0n) is 13.7. The highest BCUT2D eigenvalue weighted by molar-refractivity contribution is 9.10. The summed E-state index contributed by atoms with van der Waals surface area (Å²) in [5, 5.41) is 3.47. The lowest BCUT2D eigenvalue weighted by atomic mass is 10.0. The van der Waals surface area contributed by atoms with E-state index in [1.54, 1.807) is 0 Å². The van der Waals surface area contributed by atoms with Crippen LogP contribution in [0.3, 0.4) is 0 Å². The molecule has 21 heavy (non-hydrogen) atoms. The highest BCUT2D eigenvalue weighted by Gasteiger charge is 2.21. The molecule has 0 atom stereocenters. The Hall–Kier alpha value is -0.580. The lowest BCUT2D eigenvalue weighted by molar-refractivity contribution is 0.253. The van der Waals surface area contributed by atoms with Crippen molar-refractivity contribution in [2.24, 2.45) is 0 Å². The van der Waals surface area contributed by atoms with Crippen molar-refractivity contribution in [1.82, 2.24) is 10.2 Å². The van der Waals surface area contributed by atoms with Gasteiger partial charge in [-0.25, -0.2) is 0 Å². The molecular weight excluding hydrogens is 326 g/mol.